The van der Waals surface area contributed by atoms with Crippen molar-refractivity contribution in [3.05, 3.63) is 75.7 Å². The molecule has 1 saturated carbocycles. The van der Waals surface area contributed by atoms with Gasteiger partial charge in [-0.15, -0.1) is 0 Å². The van der Waals surface area contributed by atoms with E-state index in [4.69, 9.17) is 43.0 Å². The molecule has 0 atom stereocenters. The number of carbonyl (C=O) groups is 1. The van der Waals surface area contributed by atoms with Crippen molar-refractivity contribution in [1.29, 1.82) is 0 Å². The molecule has 1 aliphatic carbocycles. The number of hydrogen-bond donors (Lipinski definition) is 2. The lowest BCUT2D eigenvalue weighted by Gasteiger charge is -2.30. The largest absolute Gasteiger partial charge is 0.377 e. The van der Waals surface area contributed by atoms with Crippen molar-refractivity contribution < 1.29 is 9.53 Å². The minimum Gasteiger partial charge on any atom is -0.377 e. The second kappa shape index (κ2) is 11.0. The van der Waals surface area contributed by atoms with Gasteiger partial charge in [0.15, 0.2) is 11.5 Å². The lowest BCUT2D eigenvalue weighted by atomic mass is 9.91. The molecule has 0 aliphatic heterocycles. The zero-order chi connectivity index (χ0) is 25.9. The van der Waals surface area contributed by atoms with Gasteiger partial charge in [-0.2, -0.15) is 5.10 Å². The zero-order valence-electron chi connectivity index (χ0n) is 20.7. The molecule has 0 spiro atoms. The van der Waals surface area contributed by atoms with Crippen LogP contribution in [0.1, 0.15) is 47.6 Å². The Balaban J connectivity index is 1.33. The molecule has 37 heavy (non-hydrogen) atoms. The highest BCUT2D eigenvalue weighted by Crippen LogP contribution is 2.30. The van der Waals surface area contributed by atoms with E-state index < -0.39 is 0 Å². The maximum atomic E-state index is 12.6. The Labute approximate surface area is 225 Å². The van der Waals surface area contributed by atoms with Crippen molar-refractivity contribution in [2.24, 2.45) is 0 Å². The van der Waals surface area contributed by atoms with Crippen LogP contribution in [0, 0.1) is 6.92 Å². The van der Waals surface area contributed by atoms with Gasteiger partial charge in [0.05, 0.1) is 16.8 Å². The molecule has 10 heteroatoms. The molecule has 2 heterocycles. The quantitative estimate of drug-likeness (QED) is 0.312. The van der Waals surface area contributed by atoms with E-state index in [0.717, 1.165) is 48.3 Å². The molecule has 1 amide bonds. The molecule has 4 aromatic rings. The van der Waals surface area contributed by atoms with Crippen LogP contribution in [0.3, 0.4) is 0 Å². The first kappa shape index (κ1) is 25.4. The van der Waals surface area contributed by atoms with E-state index in [1.165, 1.54) is 0 Å². The summed E-state index contributed by atoms with van der Waals surface area (Å²) in [6.45, 7) is 2.24. The Morgan fingerprint density at radius 2 is 1.76 bits per heavy atom. The van der Waals surface area contributed by atoms with E-state index in [9.17, 15) is 4.79 Å². The molecule has 8 nitrogen and oxygen atoms in total. The van der Waals surface area contributed by atoms with Gasteiger partial charge in [0.1, 0.15) is 12.4 Å². The SMILES string of the molecule is COCc1nc(NC2CCC(NC(=O)c3ccc(Cl)cc3)CC2)c2c(C)nn(-c3cccc(Cl)c3)c2n1. The number of rotatable bonds is 7. The maximum absolute atomic E-state index is 12.6. The smallest absolute Gasteiger partial charge is 0.251 e. The van der Waals surface area contributed by atoms with Gasteiger partial charge in [0.2, 0.25) is 0 Å². The fraction of sp³-hybridized carbons (Fsp3) is 0.333. The van der Waals surface area contributed by atoms with Crippen LogP contribution in [-0.2, 0) is 11.3 Å². The number of halogens is 2. The van der Waals surface area contributed by atoms with Gasteiger partial charge in [-0.25, -0.2) is 14.6 Å². The van der Waals surface area contributed by atoms with Crippen LogP contribution in [0.5, 0.6) is 0 Å². The molecule has 0 saturated heterocycles. The second-order valence-corrected chi connectivity index (χ2v) is 10.1. The third kappa shape index (κ3) is 5.71. The molecule has 0 bridgehead atoms. The number of ether oxygens (including phenoxy) is 1. The molecule has 2 aromatic heterocycles. The summed E-state index contributed by atoms with van der Waals surface area (Å²) in [5.41, 5.74) is 2.97. The van der Waals surface area contributed by atoms with Crippen molar-refractivity contribution >= 4 is 46.0 Å². The van der Waals surface area contributed by atoms with Crippen LogP contribution in [0.4, 0.5) is 5.82 Å². The van der Waals surface area contributed by atoms with Crippen molar-refractivity contribution in [3.63, 3.8) is 0 Å². The number of carbonyl (C=O) groups excluding carboxylic acids is 1. The summed E-state index contributed by atoms with van der Waals surface area (Å²) in [6.07, 6.45) is 3.55. The summed E-state index contributed by atoms with van der Waals surface area (Å²) in [5.74, 6) is 1.25. The summed E-state index contributed by atoms with van der Waals surface area (Å²) >= 11 is 12.2. The minimum atomic E-state index is -0.0705. The van der Waals surface area contributed by atoms with Crippen molar-refractivity contribution in [2.45, 2.75) is 51.3 Å². The summed E-state index contributed by atoms with van der Waals surface area (Å²) in [4.78, 5) is 22.1. The summed E-state index contributed by atoms with van der Waals surface area (Å²) < 4.78 is 7.13. The molecule has 2 aromatic carbocycles. The first-order chi connectivity index (χ1) is 17.9. The van der Waals surface area contributed by atoms with E-state index in [1.54, 1.807) is 36.1 Å². The van der Waals surface area contributed by atoms with Crippen LogP contribution < -0.4 is 10.6 Å². The van der Waals surface area contributed by atoms with Crippen LogP contribution >= 0.6 is 23.2 Å². The number of anilines is 1. The van der Waals surface area contributed by atoms with Gasteiger partial charge in [0, 0.05) is 34.8 Å². The first-order valence-electron chi connectivity index (χ1n) is 12.3. The molecule has 2 N–H and O–H groups in total. The fourth-order valence-corrected chi connectivity index (χ4v) is 5.07. The number of hydrogen-bond acceptors (Lipinski definition) is 6. The van der Waals surface area contributed by atoms with E-state index >= 15 is 0 Å². The van der Waals surface area contributed by atoms with E-state index in [1.807, 2.05) is 31.2 Å². The topological polar surface area (TPSA) is 94.0 Å². The number of benzene rings is 2. The Morgan fingerprint density at radius 1 is 1.03 bits per heavy atom. The molecule has 1 fully saturated rings. The Bertz CT molecular complexity index is 1410. The molecule has 1 aliphatic rings. The lowest BCUT2D eigenvalue weighted by Crippen LogP contribution is -2.40. The Kier molecular flexibility index (Phi) is 7.60. The highest BCUT2D eigenvalue weighted by molar-refractivity contribution is 6.31. The third-order valence-electron chi connectivity index (χ3n) is 6.58. The van der Waals surface area contributed by atoms with Gasteiger partial charge in [-0.3, -0.25) is 4.79 Å². The number of nitrogens with one attached hydrogen (secondary N) is 2. The van der Waals surface area contributed by atoms with Crippen molar-refractivity contribution in [2.75, 3.05) is 12.4 Å². The third-order valence-corrected chi connectivity index (χ3v) is 7.07. The zero-order valence-corrected chi connectivity index (χ0v) is 22.2. The predicted octanol–water partition coefficient (Wildman–Crippen LogP) is 5.73. The second-order valence-electron chi connectivity index (χ2n) is 9.27. The Hall–Kier alpha value is -3.20. The average molecular weight is 539 g/mol. The molecular weight excluding hydrogens is 511 g/mol. The van der Waals surface area contributed by atoms with Gasteiger partial charge >= 0.3 is 0 Å². The summed E-state index contributed by atoms with van der Waals surface area (Å²) in [5, 5.41) is 13.7. The molecule has 5 rings (SSSR count). The number of nitrogens with zero attached hydrogens (tertiary/aromatic N) is 4. The van der Waals surface area contributed by atoms with Crippen LogP contribution in [0.25, 0.3) is 16.7 Å². The van der Waals surface area contributed by atoms with Crippen LogP contribution in [0.2, 0.25) is 10.0 Å². The standard InChI is InChI=1S/C27H28Cl2N6O2/c1-16-24-25(30-20-10-12-21(13-11-20)31-27(36)17-6-8-18(28)9-7-17)32-23(15-37-2)33-26(24)35(34-16)22-5-3-4-19(29)14-22/h3-9,14,20-21H,10-13,15H2,1-2H3,(H,31,36)(H,30,32,33). The minimum absolute atomic E-state index is 0.0705. The van der Waals surface area contributed by atoms with Gasteiger partial charge in [-0.1, -0.05) is 29.3 Å². The molecule has 0 unspecified atom stereocenters. The van der Waals surface area contributed by atoms with E-state index in [0.29, 0.717) is 27.1 Å². The number of aromatic nitrogens is 4. The Morgan fingerprint density at radius 3 is 2.46 bits per heavy atom. The van der Waals surface area contributed by atoms with Crippen LogP contribution in [-0.4, -0.2) is 44.8 Å². The molecule has 0 radical (unpaired) electrons. The lowest BCUT2D eigenvalue weighted by molar-refractivity contribution is 0.0926. The highest BCUT2D eigenvalue weighted by atomic mass is 35.5. The van der Waals surface area contributed by atoms with E-state index in [2.05, 4.69) is 10.6 Å². The number of methoxy groups -OCH3 is 1. The number of aryl methyl sites for hydroxylation is 1. The molecular formula is C27H28Cl2N6O2. The predicted molar refractivity (Wildman–Crippen MR) is 146 cm³/mol. The van der Waals surface area contributed by atoms with Crippen molar-refractivity contribution in [1.82, 2.24) is 25.1 Å². The van der Waals surface area contributed by atoms with Crippen molar-refractivity contribution in [3.8, 4) is 5.69 Å². The maximum Gasteiger partial charge on any atom is 0.251 e. The average Bonchev–Trinajstić information content (AvgIpc) is 3.22. The van der Waals surface area contributed by atoms with Crippen LogP contribution in [0.15, 0.2) is 48.5 Å². The summed E-state index contributed by atoms with van der Waals surface area (Å²) in [7, 11) is 1.62. The van der Waals surface area contributed by atoms with Gasteiger partial charge < -0.3 is 15.4 Å². The number of fused-ring (bicyclic) bond motifs is 1. The highest BCUT2D eigenvalue weighted by Gasteiger charge is 2.25. The monoisotopic (exact) mass is 538 g/mol. The van der Waals surface area contributed by atoms with E-state index in [-0.39, 0.29) is 24.6 Å². The fourth-order valence-electron chi connectivity index (χ4n) is 4.76. The molecule has 192 valence electrons. The summed E-state index contributed by atoms with van der Waals surface area (Å²) in [6, 6.07) is 14.8. The van der Waals surface area contributed by atoms with Gasteiger partial charge in [0.25, 0.3) is 5.91 Å². The normalized spacial score (nSPS) is 17.6. The number of amides is 1. The van der Waals surface area contributed by atoms with Gasteiger partial charge in [-0.05, 0) is 75.1 Å². The first-order valence-corrected chi connectivity index (χ1v) is 13.0.